The van der Waals surface area contributed by atoms with E-state index in [1.54, 1.807) is 34.1 Å². The van der Waals surface area contributed by atoms with Crippen LogP contribution in [0.25, 0.3) is 22.7 Å². The molecule has 0 saturated heterocycles. The molecule has 1 aliphatic rings. The molecule has 5 rings (SSSR count). The maximum atomic E-state index is 13.0. The average molecular weight is 511 g/mol. The summed E-state index contributed by atoms with van der Waals surface area (Å²) in [5.41, 5.74) is -1.18. The molecule has 194 valence electrons. The summed E-state index contributed by atoms with van der Waals surface area (Å²) >= 11 is 0. The van der Waals surface area contributed by atoms with E-state index in [0.717, 1.165) is 11.1 Å². The predicted molar refractivity (Wildman–Crippen MR) is 131 cm³/mol. The van der Waals surface area contributed by atoms with Gasteiger partial charge in [-0.25, -0.2) is 13.8 Å². The first kappa shape index (κ1) is 24.9. The van der Waals surface area contributed by atoms with Gasteiger partial charge in [-0.05, 0) is 63.1 Å². The van der Waals surface area contributed by atoms with Crippen molar-refractivity contribution in [2.24, 2.45) is 0 Å². The van der Waals surface area contributed by atoms with Gasteiger partial charge in [-0.2, -0.15) is 0 Å². The molecule has 0 aliphatic carbocycles. The molecule has 1 N–H and O–H groups in total. The Morgan fingerprint density at radius 3 is 2.51 bits per heavy atom. The van der Waals surface area contributed by atoms with Gasteiger partial charge in [0.2, 0.25) is 0 Å². The van der Waals surface area contributed by atoms with Crippen LogP contribution in [0.15, 0.2) is 53.1 Å². The van der Waals surface area contributed by atoms with Crippen molar-refractivity contribution in [1.29, 1.82) is 0 Å². The third kappa shape index (κ3) is 4.35. The highest BCUT2D eigenvalue weighted by Crippen LogP contribution is 2.45. The number of hydrogen-bond acceptors (Lipinski definition) is 7. The summed E-state index contributed by atoms with van der Waals surface area (Å²) in [4.78, 5) is 4.16. The number of aromatic nitrogens is 4. The van der Waals surface area contributed by atoms with E-state index in [1.165, 1.54) is 24.3 Å². The molecule has 0 amide bonds. The third-order valence-corrected chi connectivity index (χ3v) is 6.78. The van der Waals surface area contributed by atoms with E-state index in [4.69, 9.17) is 13.9 Å². The predicted octanol–water partition coefficient (Wildman–Crippen LogP) is 5.69. The van der Waals surface area contributed by atoms with Crippen LogP contribution >= 0.6 is 0 Å². The molecule has 3 heterocycles. The molecule has 2 aromatic carbocycles. The van der Waals surface area contributed by atoms with Crippen molar-refractivity contribution in [1.82, 2.24) is 19.7 Å². The van der Waals surface area contributed by atoms with Crippen molar-refractivity contribution in [2.45, 2.75) is 57.8 Å². The zero-order valence-corrected chi connectivity index (χ0v) is 21.0. The van der Waals surface area contributed by atoms with Gasteiger partial charge in [0.25, 0.3) is 6.43 Å². The maximum Gasteiger partial charge on any atom is 0.263 e. The van der Waals surface area contributed by atoms with Gasteiger partial charge in [0.05, 0.1) is 18.9 Å². The van der Waals surface area contributed by atoms with Crippen LogP contribution < -0.4 is 9.47 Å². The largest absolute Gasteiger partial charge is 0.496 e. The number of methoxy groups -OCH3 is 1. The molecule has 0 saturated carbocycles. The minimum Gasteiger partial charge on any atom is -0.496 e. The van der Waals surface area contributed by atoms with Crippen LogP contribution in [0.4, 0.5) is 8.78 Å². The van der Waals surface area contributed by atoms with Crippen molar-refractivity contribution in [3.63, 3.8) is 0 Å². The normalized spacial score (nSPS) is 17.6. The Balaban J connectivity index is 1.56. The van der Waals surface area contributed by atoms with Crippen LogP contribution in [0.3, 0.4) is 0 Å². The first-order valence-corrected chi connectivity index (χ1v) is 12.0. The van der Waals surface area contributed by atoms with Crippen LogP contribution in [0.1, 0.15) is 50.4 Å². The van der Waals surface area contributed by atoms with E-state index in [1.807, 2.05) is 22.8 Å². The number of rotatable bonds is 7. The van der Waals surface area contributed by atoms with Gasteiger partial charge in [-0.15, -0.1) is 10.2 Å². The topological polar surface area (TPSA) is 95.4 Å². The van der Waals surface area contributed by atoms with Gasteiger partial charge in [0, 0.05) is 24.6 Å². The zero-order chi connectivity index (χ0) is 26.4. The molecule has 1 unspecified atom stereocenters. The first-order chi connectivity index (χ1) is 17.6. The van der Waals surface area contributed by atoms with E-state index in [-0.39, 0.29) is 5.56 Å². The highest BCUT2D eigenvalue weighted by molar-refractivity contribution is 5.71. The van der Waals surface area contributed by atoms with Gasteiger partial charge in [-0.3, -0.25) is 0 Å². The average Bonchev–Trinajstić information content (AvgIpc) is 3.50. The number of nitrogens with zero attached hydrogens (tertiary/aromatic N) is 4. The van der Waals surface area contributed by atoms with Crippen molar-refractivity contribution in [3.8, 4) is 34.2 Å². The van der Waals surface area contributed by atoms with Gasteiger partial charge >= 0.3 is 0 Å². The van der Waals surface area contributed by atoms with Crippen molar-refractivity contribution in [2.75, 3.05) is 7.11 Å². The molecule has 1 atom stereocenters. The minimum atomic E-state index is -2.57. The molecular formula is C27H28F2N4O4. The van der Waals surface area contributed by atoms with Crippen LogP contribution in [0.2, 0.25) is 0 Å². The van der Waals surface area contributed by atoms with Crippen molar-refractivity contribution in [3.05, 3.63) is 65.9 Å². The second kappa shape index (κ2) is 9.26. The van der Waals surface area contributed by atoms with Crippen LogP contribution in [-0.4, -0.2) is 37.6 Å². The lowest BCUT2D eigenvalue weighted by Crippen LogP contribution is -2.55. The fourth-order valence-electron chi connectivity index (χ4n) is 4.83. The molecule has 37 heavy (non-hydrogen) atoms. The Kier molecular flexibility index (Phi) is 6.23. The summed E-state index contributed by atoms with van der Waals surface area (Å²) in [5.74, 6) is 3.16. The number of fused-ring (bicyclic) bond motifs is 1. The Morgan fingerprint density at radius 2 is 1.89 bits per heavy atom. The van der Waals surface area contributed by atoms with Crippen LogP contribution in [-0.2, 0) is 12.1 Å². The maximum absolute atomic E-state index is 13.0. The van der Waals surface area contributed by atoms with E-state index in [0.29, 0.717) is 54.2 Å². The van der Waals surface area contributed by atoms with Crippen molar-refractivity contribution >= 4 is 0 Å². The van der Waals surface area contributed by atoms with E-state index in [9.17, 15) is 13.9 Å². The Hall–Kier alpha value is -3.79. The number of aryl methyl sites for hydroxylation is 1. The summed E-state index contributed by atoms with van der Waals surface area (Å²) in [5, 5.41) is 20.3. The number of halogens is 2. The molecule has 4 aromatic rings. The molecule has 1 aliphatic heterocycles. The third-order valence-electron chi connectivity index (χ3n) is 6.78. The van der Waals surface area contributed by atoms with Gasteiger partial charge in [-0.1, -0.05) is 6.07 Å². The van der Waals surface area contributed by atoms with Gasteiger partial charge in [0.15, 0.2) is 28.9 Å². The lowest BCUT2D eigenvalue weighted by atomic mass is 9.79. The number of ether oxygens (including phenoxy) is 2. The monoisotopic (exact) mass is 510 g/mol. The van der Waals surface area contributed by atoms with Crippen LogP contribution in [0, 0.1) is 6.92 Å². The number of benzene rings is 2. The second-order valence-corrected chi connectivity index (χ2v) is 9.62. The standard InChI is InChI=1S/C27H28F2N4O4/c1-16-30-15-22(36-16)20-11-8-18(14-21(20)35-4)24-31-32-25-27(26(2,3)34,12-5-13-33(24)25)37-19-9-6-17(7-10-19)23(28)29/h6-11,14-15,23,34H,5,12-13H2,1-4H3. The number of hydrogen-bond donors (Lipinski definition) is 1. The van der Waals surface area contributed by atoms with E-state index >= 15 is 0 Å². The van der Waals surface area contributed by atoms with Gasteiger partial charge < -0.3 is 23.6 Å². The Morgan fingerprint density at radius 1 is 1.14 bits per heavy atom. The molecule has 8 nitrogen and oxygen atoms in total. The fourth-order valence-corrected chi connectivity index (χ4v) is 4.83. The Bertz CT molecular complexity index is 1410. The minimum absolute atomic E-state index is 0.100. The molecule has 0 spiro atoms. The fraction of sp³-hybridized carbons (Fsp3) is 0.370. The number of alkyl halides is 2. The van der Waals surface area contributed by atoms with E-state index < -0.39 is 17.6 Å². The second-order valence-electron chi connectivity index (χ2n) is 9.62. The lowest BCUT2D eigenvalue weighted by Gasteiger charge is -2.44. The molecule has 2 aromatic heterocycles. The summed E-state index contributed by atoms with van der Waals surface area (Å²) in [6, 6.07) is 11.2. The van der Waals surface area contributed by atoms with Crippen molar-refractivity contribution < 1.29 is 27.8 Å². The molecule has 10 heteroatoms. The smallest absolute Gasteiger partial charge is 0.263 e. The molecule has 0 radical (unpaired) electrons. The number of oxazole rings is 1. The highest BCUT2D eigenvalue weighted by Gasteiger charge is 2.53. The summed E-state index contributed by atoms with van der Waals surface area (Å²) in [6.45, 7) is 5.70. The zero-order valence-electron chi connectivity index (χ0n) is 21.0. The molecule has 0 bridgehead atoms. The quantitative estimate of drug-likeness (QED) is 0.341. The lowest BCUT2D eigenvalue weighted by molar-refractivity contribution is -0.137. The molecule has 0 fully saturated rings. The Labute approximate surface area is 212 Å². The summed E-state index contributed by atoms with van der Waals surface area (Å²) in [6.07, 6.45) is 0.227. The van der Waals surface area contributed by atoms with Gasteiger partial charge in [0.1, 0.15) is 17.1 Å². The summed E-state index contributed by atoms with van der Waals surface area (Å²) in [7, 11) is 1.58. The number of aliphatic hydroxyl groups is 1. The van der Waals surface area contributed by atoms with E-state index in [2.05, 4.69) is 15.2 Å². The summed E-state index contributed by atoms with van der Waals surface area (Å²) < 4.78 is 45.7. The SMILES string of the molecule is COc1cc(-c2nnc3n2CCCC3(Oc2ccc(C(F)F)cc2)C(C)(C)O)ccc1-c1cnc(C)o1. The molecular weight excluding hydrogens is 482 g/mol. The van der Waals surface area contributed by atoms with Crippen LogP contribution in [0.5, 0.6) is 11.5 Å². The highest BCUT2D eigenvalue weighted by atomic mass is 19.3. The first-order valence-electron chi connectivity index (χ1n) is 12.0.